The fraction of sp³-hybridized carbons (Fsp3) is 0.500. The molecule has 3 nitrogen and oxygen atoms in total. The number of benzene rings is 1. The molecule has 0 bridgehead atoms. The molecule has 1 heterocycles. The van der Waals surface area contributed by atoms with E-state index in [9.17, 15) is 4.79 Å². The summed E-state index contributed by atoms with van der Waals surface area (Å²) in [5.74, 6) is 0.292. The maximum Gasteiger partial charge on any atom is 0.222 e. The number of halogens is 2. The average molecular weight is 390 g/mol. The van der Waals surface area contributed by atoms with Crippen molar-refractivity contribution in [1.29, 1.82) is 0 Å². The Morgan fingerprint density at radius 1 is 1.37 bits per heavy atom. The van der Waals surface area contributed by atoms with E-state index in [2.05, 4.69) is 56.2 Å². The van der Waals surface area contributed by atoms with E-state index in [-0.39, 0.29) is 0 Å². The SMILES string of the molecule is CC(CN1CCCC1=O)NCc1ccc(Br)c(Br)c1. The third-order valence-corrected chi connectivity index (χ3v) is 5.18. The zero-order valence-electron chi connectivity index (χ0n) is 11.0. The van der Waals surface area contributed by atoms with Gasteiger partial charge in [0.15, 0.2) is 0 Å². The molecule has 1 amide bonds. The zero-order valence-corrected chi connectivity index (χ0v) is 14.1. The van der Waals surface area contributed by atoms with Crippen molar-refractivity contribution in [3.8, 4) is 0 Å². The van der Waals surface area contributed by atoms with Crippen molar-refractivity contribution in [2.24, 2.45) is 0 Å². The monoisotopic (exact) mass is 388 g/mol. The fourth-order valence-electron chi connectivity index (χ4n) is 2.23. The van der Waals surface area contributed by atoms with E-state index in [1.807, 2.05) is 11.0 Å². The molecule has 1 saturated heterocycles. The number of hydrogen-bond acceptors (Lipinski definition) is 2. The third kappa shape index (κ3) is 4.29. The first-order valence-electron chi connectivity index (χ1n) is 6.51. The molecule has 1 aromatic rings. The molecule has 1 N–H and O–H groups in total. The predicted octanol–water partition coefficient (Wildman–Crippen LogP) is 3.31. The fourth-order valence-corrected chi connectivity index (χ4v) is 2.91. The number of nitrogens with one attached hydrogen (secondary N) is 1. The Bertz CT molecular complexity index is 465. The first-order valence-corrected chi connectivity index (χ1v) is 8.10. The molecule has 19 heavy (non-hydrogen) atoms. The van der Waals surface area contributed by atoms with Crippen molar-refractivity contribution >= 4 is 37.8 Å². The van der Waals surface area contributed by atoms with Gasteiger partial charge in [0.1, 0.15) is 0 Å². The van der Waals surface area contributed by atoms with Gasteiger partial charge in [0.25, 0.3) is 0 Å². The van der Waals surface area contributed by atoms with E-state index in [0.717, 1.165) is 35.0 Å². The lowest BCUT2D eigenvalue weighted by Gasteiger charge is -2.21. The van der Waals surface area contributed by atoms with E-state index >= 15 is 0 Å². The Morgan fingerprint density at radius 3 is 2.79 bits per heavy atom. The smallest absolute Gasteiger partial charge is 0.222 e. The minimum Gasteiger partial charge on any atom is -0.341 e. The number of amides is 1. The molecule has 0 radical (unpaired) electrons. The minimum absolute atomic E-state index is 0.292. The highest BCUT2D eigenvalue weighted by atomic mass is 79.9. The third-order valence-electron chi connectivity index (χ3n) is 3.30. The van der Waals surface area contributed by atoms with Gasteiger partial charge in [0.2, 0.25) is 5.91 Å². The summed E-state index contributed by atoms with van der Waals surface area (Å²) in [7, 11) is 0. The first-order chi connectivity index (χ1) is 9.06. The maximum absolute atomic E-state index is 11.6. The van der Waals surface area contributed by atoms with Crippen molar-refractivity contribution < 1.29 is 4.79 Å². The van der Waals surface area contributed by atoms with Gasteiger partial charge in [-0.2, -0.15) is 0 Å². The van der Waals surface area contributed by atoms with Crippen molar-refractivity contribution in [2.45, 2.75) is 32.4 Å². The van der Waals surface area contributed by atoms with Crippen LogP contribution in [0.4, 0.5) is 0 Å². The second-order valence-corrected chi connectivity index (χ2v) is 6.68. The molecule has 0 aliphatic carbocycles. The van der Waals surface area contributed by atoms with Crippen molar-refractivity contribution in [3.63, 3.8) is 0 Å². The Kier molecular flexibility index (Phi) is 5.42. The maximum atomic E-state index is 11.6. The van der Waals surface area contributed by atoms with Crippen LogP contribution in [0.2, 0.25) is 0 Å². The second kappa shape index (κ2) is 6.86. The van der Waals surface area contributed by atoms with Crippen LogP contribution in [0.25, 0.3) is 0 Å². The van der Waals surface area contributed by atoms with Crippen LogP contribution in [0.3, 0.4) is 0 Å². The molecule has 1 unspecified atom stereocenters. The minimum atomic E-state index is 0.292. The Labute approximate surface area is 131 Å². The van der Waals surface area contributed by atoms with Crippen molar-refractivity contribution in [3.05, 3.63) is 32.7 Å². The number of carbonyl (C=O) groups is 1. The summed E-state index contributed by atoms with van der Waals surface area (Å²) in [6.45, 7) is 4.65. The van der Waals surface area contributed by atoms with Gasteiger partial charge in [0, 0.05) is 41.0 Å². The quantitative estimate of drug-likeness (QED) is 0.837. The van der Waals surface area contributed by atoms with Crippen molar-refractivity contribution in [2.75, 3.05) is 13.1 Å². The summed E-state index contributed by atoms with van der Waals surface area (Å²) in [4.78, 5) is 13.5. The summed E-state index contributed by atoms with van der Waals surface area (Å²) in [6.07, 6.45) is 1.72. The molecule has 1 aromatic carbocycles. The van der Waals surface area contributed by atoms with Crippen LogP contribution in [0.15, 0.2) is 27.1 Å². The number of likely N-dealkylation sites (tertiary alicyclic amines) is 1. The first kappa shape index (κ1) is 15.0. The molecule has 1 aliphatic heterocycles. The average Bonchev–Trinajstić information content (AvgIpc) is 2.77. The molecule has 1 atom stereocenters. The molecule has 1 aliphatic rings. The van der Waals surface area contributed by atoms with Crippen LogP contribution in [-0.4, -0.2) is 29.9 Å². The predicted molar refractivity (Wildman–Crippen MR) is 84.0 cm³/mol. The van der Waals surface area contributed by atoms with Gasteiger partial charge in [-0.05, 0) is 62.9 Å². The van der Waals surface area contributed by atoms with Gasteiger partial charge < -0.3 is 10.2 Å². The summed E-state index contributed by atoms with van der Waals surface area (Å²) < 4.78 is 2.13. The Hall–Kier alpha value is -0.390. The largest absolute Gasteiger partial charge is 0.341 e. The number of hydrogen-bond donors (Lipinski definition) is 1. The van der Waals surface area contributed by atoms with Gasteiger partial charge in [-0.3, -0.25) is 4.79 Å². The summed E-state index contributed by atoms with van der Waals surface area (Å²) in [6, 6.07) is 6.54. The highest BCUT2D eigenvalue weighted by Crippen LogP contribution is 2.23. The van der Waals surface area contributed by atoms with Crippen LogP contribution < -0.4 is 5.32 Å². The number of carbonyl (C=O) groups excluding carboxylic acids is 1. The number of nitrogens with zero attached hydrogens (tertiary/aromatic N) is 1. The van der Waals surface area contributed by atoms with E-state index in [1.54, 1.807) is 0 Å². The van der Waals surface area contributed by atoms with Gasteiger partial charge in [-0.25, -0.2) is 0 Å². The molecular weight excluding hydrogens is 372 g/mol. The van der Waals surface area contributed by atoms with E-state index in [1.165, 1.54) is 5.56 Å². The lowest BCUT2D eigenvalue weighted by molar-refractivity contribution is -0.127. The summed E-state index contributed by atoms with van der Waals surface area (Å²) in [5, 5.41) is 3.46. The lowest BCUT2D eigenvalue weighted by Crippen LogP contribution is -2.39. The summed E-state index contributed by atoms with van der Waals surface area (Å²) in [5.41, 5.74) is 1.23. The van der Waals surface area contributed by atoms with E-state index < -0.39 is 0 Å². The zero-order chi connectivity index (χ0) is 13.8. The molecule has 0 aromatic heterocycles. The van der Waals surface area contributed by atoms with Crippen LogP contribution in [0.1, 0.15) is 25.3 Å². The molecule has 5 heteroatoms. The molecule has 0 spiro atoms. The lowest BCUT2D eigenvalue weighted by atomic mass is 10.2. The van der Waals surface area contributed by atoms with Crippen molar-refractivity contribution in [1.82, 2.24) is 10.2 Å². The second-order valence-electron chi connectivity index (χ2n) is 4.97. The van der Waals surface area contributed by atoms with Crippen LogP contribution in [-0.2, 0) is 11.3 Å². The Balaban J connectivity index is 1.81. The van der Waals surface area contributed by atoms with Gasteiger partial charge >= 0.3 is 0 Å². The van der Waals surface area contributed by atoms with E-state index in [4.69, 9.17) is 0 Å². The van der Waals surface area contributed by atoms with Crippen LogP contribution in [0, 0.1) is 0 Å². The topological polar surface area (TPSA) is 32.3 Å². The van der Waals surface area contributed by atoms with Gasteiger partial charge in [-0.1, -0.05) is 6.07 Å². The molecular formula is C14H18Br2N2O. The molecule has 1 fully saturated rings. The van der Waals surface area contributed by atoms with Gasteiger partial charge in [0.05, 0.1) is 0 Å². The highest BCUT2D eigenvalue weighted by Gasteiger charge is 2.21. The molecule has 2 rings (SSSR count). The standard InChI is InChI=1S/C14H18Br2N2O/c1-10(9-18-6-2-3-14(18)19)17-8-11-4-5-12(15)13(16)7-11/h4-5,7,10,17H,2-3,6,8-9H2,1H3. The summed E-state index contributed by atoms with van der Waals surface area (Å²) >= 11 is 6.97. The Morgan fingerprint density at radius 2 is 2.16 bits per heavy atom. The van der Waals surface area contributed by atoms with Crippen LogP contribution >= 0.6 is 31.9 Å². The molecule has 104 valence electrons. The van der Waals surface area contributed by atoms with Gasteiger partial charge in [-0.15, -0.1) is 0 Å². The number of rotatable bonds is 5. The van der Waals surface area contributed by atoms with E-state index in [0.29, 0.717) is 18.4 Å². The normalized spacial score (nSPS) is 17.0. The van der Waals surface area contributed by atoms with Crippen LogP contribution in [0.5, 0.6) is 0 Å². The highest BCUT2D eigenvalue weighted by molar-refractivity contribution is 9.13. The molecule has 0 saturated carbocycles.